The Bertz CT molecular complexity index is 840. The average Bonchev–Trinajstić information content (AvgIpc) is 3.11. The number of likely N-dealkylation sites (N-methyl/N-ethyl adjacent to an activating group) is 1. The molecule has 4 rings (SSSR count). The fourth-order valence-electron chi connectivity index (χ4n) is 4.47. The Hall–Kier alpha value is -2.49. The number of aliphatic hydroxyl groups is 1. The highest BCUT2D eigenvalue weighted by molar-refractivity contribution is 5.39. The molecule has 1 aliphatic heterocycles. The van der Waals surface area contributed by atoms with Gasteiger partial charge in [0.1, 0.15) is 11.4 Å². The van der Waals surface area contributed by atoms with Crippen molar-refractivity contribution in [1.82, 2.24) is 4.90 Å². The van der Waals surface area contributed by atoms with E-state index in [9.17, 15) is 9.50 Å². The lowest BCUT2D eigenvalue weighted by Gasteiger charge is -2.40. The van der Waals surface area contributed by atoms with Crippen LogP contribution >= 0.6 is 0 Å². The summed E-state index contributed by atoms with van der Waals surface area (Å²) in [6.45, 7) is 0. The van der Waals surface area contributed by atoms with E-state index in [4.69, 9.17) is 0 Å². The standard InChI is InChI=1S/C24H24FNO/c1-26-22(18-12-14-21(25)15-13-18)16-17-23(26)24(27,19-8-4-2-5-9-19)20-10-6-3-7-11-20/h2-15,22-23,27H,16-17H2,1H3/t22-,23+/m1/s1. The maximum absolute atomic E-state index is 13.3. The first kappa shape index (κ1) is 17.9. The number of nitrogens with zero attached hydrogens (tertiary/aromatic N) is 1. The summed E-state index contributed by atoms with van der Waals surface area (Å²) in [6.07, 6.45) is 1.79. The molecule has 2 atom stereocenters. The van der Waals surface area contributed by atoms with Crippen molar-refractivity contribution >= 4 is 0 Å². The van der Waals surface area contributed by atoms with Crippen LogP contribution in [0.1, 0.15) is 35.6 Å². The van der Waals surface area contributed by atoms with Gasteiger partial charge in [0.15, 0.2) is 0 Å². The Morgan fingerprint density at radius 3 is 1.85 bits per heavy atom. The van der Waals surface area contributed by atoms with Gasteiger partial charge in [-0.25, -0.2) is 4.39 Å². The van der Waals surface area contributed by atoms with E-state index in [0.29, 0.717) is 0 Å². The molecule has 1 N–H and O–H groups in total. The number of likely N-dealkylation sites (tertiary alicyclic amines) is 1. The second-order valence-electron chi connectivity index (χ2n) is 7.32. The number of benzene rings is 3. The van der Waals surface area contributed by atoms with E-state index < -0.39 is 5.60 Å². The van der Waals surface area contributed by atoms with Gasteiger partial charge < -0.3 is 5.11 Å². The van der Waals surface area contributed by atoms with Crippen molar-refractivity contribution in [1.29, 1.82) is 0 Å². The summed E-state index contributed by atoms with van der Waals surface area (Å²) in [5.41, 5.74) is 1.77. The molecule has 0 bridgehead atoms. The lowest BCUT2D eigenvalue weighted by molar-refractivity contribution is -0.00404. The molecule has 1 heterocycles. The molecule has 1 saturated heterocycles. The molecule has 138 valence electrons. The lowest BCUT2D eigenvalue weighted by atomic mass is 9.79. The highest BCUT2D eigenvalue weighted by atomic mass is 19.1. The first-order valence-corrected chi connectivity index (χ1v) is 9.41. The van der Waals surface area contributed by atoms with Gasteiger partial charge in [0, 0.05) is 12.1 Å². The molecule has 3 aromatic rings. The van der Waals surface area contributed by atoms with Crippen molar-refractivity contribution in [2.24, 2.45) is 0 Å². The average molecular weight is 361 g/mol. The van der Waals surface area contributed by atoms with Crippen molar-refractivity contribution in [3.8, 4) is 0 Å². The van der Waals surface area contributed by atoms with Crippen LogP contribution in [0.4, 0.5) is 4.39 Å². The van der Waals surface area contributed by atoms with Gasteiger partial charge in [-0.3, -0.25) is 4.90 Å². The van der Waals surface area contributed by atoms with E-state index in [2.05, 4.69) is 11.9 Å². The van der Waals surface area contributed by atoms with E-state index in [0.717, 1.165) is 29.5 Å². The van der Waals surface area contributed by atoms with Crippen molar-refractivity contribution in [2.75, 3.05) is 7.05 Å². The largest absolute Gasteiger partial charge is 0.379 e. The second kappa shape index (κ2) is 7.26. The topological polar surface area (TPSA) is 23.5 Å². The van der Waals surface area contributed by atoms with Gasteiger partial charge >= 0.3 is 0 Å². The van der Waals surface area contributed by atoms with Crippen LogP contribution in [0.3, 0.4) is 0 Å². The van der Waals surface area contributed by atoms with Crippen LogP contribution in [-0.4, -0.2) is 23.1 Å². The van der Waals surface area contributed by atoms with Gasteiger partial charge in [0.2, 0.25) is 0 Å². The number of hydrogen-bond acceptors (Lipinski definition) is 2. The summed E-state index contributed by atoms with van der Waals surface area (Å²) < 4.78 is 13.3. The predicted octanol–water partition coefficient (Wildman–Crippen LogP) is 4.90. The summed E-state index contributed by atoms with van der Waals surface area (Å²) in [7, 11) is 2.06. The molecule has 0 spiro atoms. The zero-order valence-corrected chi connectivity index (χ0v) is 15.4. The fourth-order valence-corrected chi connectivity index (χ4v) is 4.47. The first-order valence-electron chi connectivity index (χ1n) is 9.41. The normalized spacial score (nSPS) is 20.7. The third-order valence-corrected chi connectivity index (χ3v) is 5.86. The maximum Gasteiger partial charge on any atom is 0.130 e. The van der Waals surface area contributed by atoms with Gasteiger partial charge in [-0.05, 0) is 48.7 Å². The predicted molar refractivity (Wildman–Crippen MR) is 106 cm³/mol. The zero-order chi connectivity index (χ0) is 18.9. The third kappa shape index (κ3) is 3.18. The quantitative estimate of drug-likeness (QED) is 0.715. The van der Waals surface area contributed by atoms with Crippen molar-refractivity contribution in [3.63, 3.8) is 0 Å². The fraction of sp³-hybridized carbons (Fsp3) is 0.250. The van der Waals surface area contributed by atoms with Gasteiger partial charge in [-0.1, -0.05) is 72.8 Å². The Morgan fingerprint density at radius 2 is 1.33 bits per heavy atom. The summed E-state index contributed by atoms with van der Waals surface area (Å²) in [5, 5.41) is 12.0. The van der Waals surface area contributed by atoms with E-state index in [-0.39, 0.29) is 17.9 Å². The minimum Gasteiger partial charge on any atom is -0.379 e. The molecule has 2 nitrogen and oxygen atoms in total. The SMILES string of the molecule is CN1[C@@H](c2ccc(F)cc2)CC[C@H]1C(O)(c1ccccc1)c1ccccc1. The Morgan fingerprint density at radius 1 is 0.815 bits per heavy atom. The summed E-state index contributed by atoms with van der Waals surface area (Å²) in [6, 6.07) is 26.6. The van der Waals surface area contributed by atoms with E-state index in [1.807, 2.05) is 72.8 Å². The molecular formula is C24H24FNO. The number of halogens is 1. The molecule has 0 aliphatic carbocycles. The molecule has 1 aliphatic rings. The van der Waals surface area contributed by atoms with Crippen LogP contribution in [-0.2, 0) is 5.60 Å². The van der Waals surface area contributed by atoms with E-state index >= 15 is 0 Å². The van der Waals surface area contributed by atoms with Crippen LogP contribution in [0.5, 0.6) is 0 Å². The Kier molecular flexibility index (Phi) is 4.81. The van der Waals surface area contributed by atoms with Gasteiger partial charge in [0.25, 0.3) is 0 Å². The summed E-state index contributed by atoms with van der Waals surface area (Å²) >= 11 is 0. The van der Waals surface area contributed by atoms with Gasteiger partial charge in [0.05, 0.1) is 0 Å². The molecule has 3 aromatic carbocycles. The Labute approximate surface area is 159 Å². The Balaban J connectivity index is 1.74. The molecule has 0 radical (unpaired) electrons. The van der Waals surface area contributed by atoms with Crippen LogP contribution in [0, 0.1) is 5.82 Å². The molecule has 1 fully saturated rings. The van der Waals surface area contributed by atoms with Gasteiger partial charge in [-0.15, -0.1) is 0 Å². The van der Waals surface area contributed by atoms with Gasteiger partial charge in [-0.2, -0.15) is 0 Å². The molecule has 0 saturated carbocycles. The van der Waals surface area contributed by atoms with E-state index in [1.54, 1.807) is 0 Å². The molecule has 0 aromatic heterocycles. The number of hydrogen-bond donors (Lipinski definition) is 1. The van der Waals surface area contributed by atoms with Crippen LogP contribution in [0.15, 0.2) is 84.9 Å². The summed E-state index contributed by atoms with van der Waals surface area (Å²) in [5.74, 6) is -0.221. The minimum absolute atomic E-state index is 0.0719. The van der Waals surface area contributed by atoms with E-state index in [1.165, 1.54) is 12.1 Å². The van der Waals surface area contributed by atoms with Crippen LogP contribution in [0.2, 0.25) is 0 Å². The lowest BCUT2D eigenvalue weighted by Crippen LogP contribution is -2.47. The van der Waals surface area contributed by atoms with Crippen molar-refractivity contribution < 1.29 is 9.50 Å². The molecule has 0 amide bonds. The molecule has 3 heteroatoms. The first-order chi connectivity index (χ1) is 13.1. The zero-order valence-electron chi connectivity index (χ0n) is 15.4. The highest BCUT2D eigenvalue weighted by Gasteiger charge is 2.47. The molecular weight excluding hydrogens is 337 g/mol. The highest BCUT2D eigenvalue weighted by Crippen LogP contribution is 2.45. The minimum atomic E-state index is -1.11. The number of rotatable bonds is 4. The van der Waals surface area contributed by atoms with Crippen LogP contribution < -0.4 is 0 Å². The van der Waals surface area contributed by atoms with Crippen molar-refractivity contribution in [3.05, 3.63) is 107 Å². The summed E-state index contributed by atoms with van der Waals surface area (Å²) in [4.78, 5) is 2.24. The molecule has 27 heavy (non-hydrogen) atoms. The third-order valence-electron chi connectivity index (χ3n) is 5.86. The monoisotopic (exact) mass is 361 g/mol. The maximum atomic E-state index is 13.3. The van der Waals surface area contributed by atoms with Crippen LogP contribution in [0.25, 0.3) is 0 Å². The second-order valence-corrected chi connectivity index (χ2v) is 7.32. The van der Waals surface area contributed by atoms with Crippen molar-refractivity contribution in [2.45, 2.75) is 30.5 Å². The molecule has 0 unspecified atom stereocenters. The smallest absolute Gasteiger partial charge is 0.130 e.